The Morgan fingerprint density at radius 3 is 2.65 bits per heavy atom. The van der Waals surface area contributed by atoms with Gasteiger partial charge in [0.05, 0.1) is 19.1 Å². The van der Waals surface area contributed by atoms with Crippen molar-refractivity contribution in [2.24, 2.45) is 0 Å². The lowest BCUT2D eigenvalue weighted by atomic mass is 10.0. The summed E-state index contributed by atoms with van der Waals surface area (Å²) < 4.78 is 9.67. The average Bonchev–Trinajstić information content (AvgIpc) is 2.59. The summed E-state index contributed by atoms with van der Waals surface area (Å²) in [5.74, 6) is -0.818. The zero-order chi connectivity index (χ0) is 17.0. The predicted molar refractivity (Wildman–Crippen MR) is 80.3 cm³/mol. The molecule has 1 aromatic rings. The van der Waals surface area contributed by atoms with Gasteiger partial charge in [0, 0.05) is 18.2 Å². The van der Waals surface area contributed by atoms with Crippen molar-refractivity contribution in [2.75, 3.05) is 20.8 Å². The van der Waals surface area contributed by atoms with E-state index >= 15 is 0 Å². The van der Waals surface area contributed by atoms with Crippen LogP contribution >= 0.6 is 0 Å². The quantitative estimate of drug-likeness (QED) is 0.476. The summed E-state index contributed by atoms with van der Waals surface area (Å²) in [6.45, 7) is 0.415. The maximum absolute atomic E-state index is 12.7. The Kier molecular flexibility index (Phi) is 5.15. The number of nitro benzene ring substituents is 1. The number of hydrogen-bond donors (Lipinski definition) is 0. The zero-order valence-corrected chi connectivity index (χ0v) is 13.0. The molecule has 23 heavy (non-hydrogen) atoms. The molecule has 0 aromatic heterocycles. The average molecular weight is 322 g/mol. The van der Waals surface area contributed by atoms with Crippen LogP contribution in [0.1, 0.15) is 29.6 Å². The van der Waals surface area contributed by atoms with Gasteiger partial charge in [0.15, 0.2) is 5.75 Å². The summed E-state index contributed by atoms with van der Waals surface area (Å²) >= 11 is 0. The van der Waals surface area contributed by atoms with Gasteiger partial charge in [-0.05, 0) is 31.4 Å². The van der Waals surface area contributed by atoms with Crippen LogP contribution in [0.15, 0.2) is 18.2 Å². The summed E-state index contributed by atoms with van der Waals surface area (Å²) in [6, 6.07) is 3.35. The fourth-order valence-electron chi connectivity index (χ4n) is 2.69. The molecule has 0 spiro atoms. The van der Waals surface area contributed by atoms with Gasteiger partial charge in [-0.3, -0.25) is 14.9 Å². The number of rotatable bonds is 4. The van der Waals surface area contributed by atoms with E-state index in [0.29, 0.717) is 13.0 Å². The molecule has 1 unspecified atom stereocenters. The van der Waals surface area contributed by atoms with E-state index in [2.05, 4.69) is 0 Å². The lowest BCUT2D eigenvalue weighted by Gasteiger charge is -2.33. The molecule has 124 valence electrons. The Morgan fingerprint density at radius 2 is 2.04 bits per heavy atom. The van der Waals surface area contributed by atoms with Gasteiger partial charge in [-0.25, -0.2) is 4.79 Å². The van der Waals surface area contributed by atoms with Gasteiger partial charge in [-0.15, -0.1) is 0 Å². The summed E-state index contributed by atoms with van der Waals surface area (Å²) in [5.41, 5.74) is -0.140. The number of ether oxygens (including phenoxy) is 2. The minimum Gasteiger partial charge on any atom is -0.490 e. The summed E-state index contributed by atoms with van der Waals surface area (Å²) in [4.78, 5) is 36.4. The van der Waals surface area contributed by atoms with Crippen LogP contribution in [0.5, 0.6) is 5.75 Å². The summed E-state index contributed by atoms with van der Waals surface area (Å²) in [6.07, 6.45) is 2.13. The number of nitro groups is 1. The van der Waals surface area contributed by atoms with Crippen LogP contribution in [0.4, 0.5) is 5.69 Å². The number of carbonyl (C=O) groups is 2. The highest BCUT2D eigenvalue weighted by molar-refractivity contribution is 5.97. The third-order valence-electron chi connectivity index (χ3n) is 3.86. The smallest absolute Gasteiger partial charge is 0.328 e. The molecule has 2 rings (SSSR count). The first-order chi connectivity index (χ1) is 11.0. The van der Waals surface area contributed by atoms with Crippen LogP contribution < -0.4 is 4.74 Å². The van der Waals surface area contributed by atoms with Crippen molar-refractivity contribution in [2.45, 2.75) is 25.3 Å². The molecule has 1 aliphatic rings. The van der Waals surface area contributed by atoms with Crippen molar-refractivity contribution in [3.8, 4) is 5.75 Å². The molecule has 8 nitrogen and oxygen atoms in total. The van der Waals surface area contributed by atoms with Gasteiger partial charge in [0.1, 0.15) is 6.04 Å². The molecule has 1 amide bonds. The topological polar surface area (TPSA) is 99.0 Å². The minimum absolute atomic E-state index is 0.0784. The van der Waals surface area contributed by atoms with Crippen molar-refractivity contribution < 1.29 is 24.0 Å². The van der Waals surface area contributed by atoms with Crippen molar-refractivity contribution in [1.82, 2.24) is 4.90 Å². The molecule has 0 radical (unpaired) electrons. The van der Waals surface area contributed by atoms with Crippen molar-refractivity contribution in [1.29, 1.82) is 0 Å². The molecule has 1 atom stereocenters. The van der Waals surface area contributed by atoms with Crippen LogP contribution in [0.25, 0.3) is 0 Å². The van der Waals surface area contributed by atoms with E-state index < -0.39 is 22.8 Å². The fraction of sp³-hybridized carbons (Fsp3) is 0.467. The second kappa shape index (κ2) is 7.08. The van der Waals surface area contributed by atoms with Crippen molar-refractivity contribution in [3.63, 3.8) is 0 Å². The summed E-state index contributed by atoms with van der Waals surface area (Å²) in [5, 5.41) is 11.1. The molecule has 0 bridgehead atoms. The van der Waals surface area contributed by atoms with E-state index in [1.807, 2.05) is 0 Å². The molecule has 1 aromatic carbocycles. The first kappa shape index (κ1) is 16.7. The number of hydrogen-bond acceptors (Lipinski definition) is 6. The van der Waals surface area contributed by atoms with Gasteiger partial charge in [0.25, 0.3) is 5.91 Å². The molecule has 0 saturated carbocycles. The normalized spacial score (nSPS) is 17.5. The van der Waals surface area contributed by atoms with Crippen LogP contribution in [0, 0.1) is 10.1 Å². The number of esters is 1. The Hall–Kier alpha value is -2.64. The molecule has 8 heteroatoms. The molecule has 1 fully saturated rings. The third kappa shape index (κ3) is 3.41. The SMILES string of the molecule is COC(=O)C1CCCCN1C(=O)c1ccc(OC)c([N+](=O)[O-])c1. The van der Waals surface area contributed by atoms with Gasteiger partial charge < -0.3 is 14.4 Å². The number of amides is 1. The predicted octanol–water partition coefficient (Wildman–Crippen LogP) is 1.77. The fourth-order valence-corrected chi connectivity index (χ4v) is 2.69. The second-order valence-corrected chi connectivity index (χ2v) is 5.18. The van der Waals surface area contributed by atoms with Crippen LogP contribution in [0.3, 0.4) is 0 Å². The van der Waals surface area contributed by atoms with Gasteiger partial charge in [-0.2, -0.15) is 0 Å². The molecule has 1 saturated heterocycles. The first-order valence-electron chi connectivity index (χ1n) is 7.20. The number of nitrogens with zero attached hydrogens (tertiary/aromatic N) is 2. The molecule has 1 heterocycles. The summed E-state index contributed by atoms with van der Waals surface area (Å²) in [7, 11) is 2.60. The molecular weight excluding hydrogens is 304 g/mol. The van der Waals surface area contributed by atoms with E-state index in [9.17, 15) is 19.7 Å². The lowest BCUT2D eigenvalue weighted by Crippen LogP contribution is -2.48. The van der Waals surface area contributed by atoms with Crippen molar-refractivity contribution in [3.05, 3.63) is 33.9 Å². The van der Waals surface area contributed by atoms with Crippen LogP contribution in [-0.4, -0.2) is 48.5 Å². The molecule has 1 aliphatic heterocycles. The van der Waals surface area contributed by atoms with E-state index in [1.165, 1.54) is 37.3 Å². The highest BCUT2D eigenvalue weighted by Crippen LogP contribution is 2.29. The van der Waals surface area contributed by atoms with Gasteiger partial charge >= 0.3 is 11.7 Å². The first-order valence-corrected chi connectivity index (χ1v) is 7.20. The number of carbonyl (C=O) groups excluding carboxylic acids is 2. The van der Waals surface area contributed by atoms with Crippen molar-refractivity contribution >= 4 is 17.6 Å². The zero-order valence-electron chi connectivity index (χ0n) is 13.0. The Bertz CT molecular complexity index is 630. The third-order valence-corrected chi connectivity index (χ3v) is 3.86. The molecule has 0 aliphatic carbocycles. The van der Waals surface area contributed by atoms with Gasteiger partial charge in [0.2, 0.25) is 0 Å². The largest absolute Gasteiger partial charge is 0.490 e. The maximum Gasteiger partial charge on any atom is 0.328 e. The van der Waals surface area contributed by atoms with Crippen LogP contribution in [-0.2, 0) is 9.53 Å². The van der Waals surface area contributed by atoms with E-state index in [1.54, 1.807) is 0 Å². The van der Waals surface area contributed by atoms with E-state index in [4.69, 9.17) is 9.47 Å². The number of benzene rings is 1. The minimum atomic E-state index is -0.651. The number of methoxy groups -OCH3 is 2. The number of piperidine rings is 1. The second-order valence-electron chi connectivity index (χ2n) is 5.18. The highest BCUT2D eigenvalue weighted by atomic mass is 16.6. The van der Waals surface area contributed by atoms with E-state index in [0.717, 1.165) is 12.8 Å². The van der Waals surface area contributed by atoms with E-state index in [-0.39, 0.29) is 17.0 Å². The highest BCUT2D eigenvalue weighted by Gasteiger charge is 2.34. The Balaban J connectivity index is 2.33. The molecule has 0 N–H and O–H groups in total. The Morgan fingerprint density at radius 1 is 1.30 bits per heavy atom. The lowest BCUT2D eigenvalue weighted by molar-refractivity contribution is -0.385. The maximum atomic E-state index is 12.7. The monoisotopic (exact) mass is 322 g/mol. The molecular formula is C15H18N2O6. The number of likely N-dealkylation sites (tertiary alicyclic amines) is 1. The van der Waals surface area contributed by atoms with Crippen LogP contribution in [0.2, 0.25) is 0 Å². The Labute approximate surface area is 133 Å². The standard InChI is InChI=1S/C15H18N2O6/c1-22-13-7-6-10(9-12(13)17(20)21)14(18)16-8-4-3-5-11(16)15(19)23-2/h6-7,9,11H,3-5,8H2,1-2H3. The van der Waals surface area contributed by atoms with Gasteiger partial charge in [-0.1, -0.05) is 0 Å².